The number of rotatable bonds is 19. The molecule has 236 valence electrons. The zero-order chi connectivity index (χ0) is 31.2. The predicted molar refractivity (Wildman–Crippen MR) is 175 cm³/mol. The summed E-state index contributed by atoms with van der Waals surface area (Å²) in [5, 5.41) is 15.2. The van der Waals surface area contributed by atoms with Crippen molar-refractivity contribution in [3.63, 3.8) is 0 Å². The Hall–Kier alpha value is -2.85. The fourth-order valence-corrected chi connectivity index (χ4v) is 6.57. The van der Waals surface area contributed by atoms with Crippen molar-refractivity contribution < 1.29 is 19.1 Å². The average Bonchev–Trinajstić information content (AvgIpc) is 3.43. The number of nitrogens with one attached hydrogen (secondary N) is 1. The summed E-state index contributed by atoms with van der Waals surface area (Å²) in [6.45, 7) is 7.15. The van der Waals surface area contributed by atoms with Gasteiger partial charge in [-0.15, -0.1) is 0 Å². The van der Waals surface area contributed by atoms with Gasteiger partial charge in [-0.1, -0.05) is 62.4 Å². The third-order valence-corrected chi connectivity index (χ3v) is 8.78. The molecule has 9 heteroatoms. The third-order valence-electron chi connectivity index (χ3n) is 7.80. The predicted octanol–water partition coefficient (Wildman–Crippen LogP) is 4.39. The summed E-state index contributed by atoms with van der Waals surface area (Å²) in [6.07, 6.45) is 6.84. The number of aliphatic hydroxyl groups is 1. The summed E-state index contributed by atoms with van der Waals surface area (Å²) in [5.74, 6) is 2.47. The summed E-state index contributed by atoms with van der Waals surface area (Å²) in [6, 6.07) is 14.0. The summed E-state index contributed by atoms with van der Waals surface area (Å²) in [4.78, 5) is 30.8. The molecule has 0 saturated carbocycles. The van der Waals surface area contributed by atoms with E-state index in [1.807, 2.05) is 67.5 Å². The monoisotopic (exact) mass is 610 g/mol. The van der Waals surface area contributed by atoms with E-state index in [2.05, 4.69) is 24.1 Å². The normalized spacial score (nSPS) is 18.0. The number of hydrogen-bond donors (Lipinski definition) is 3. The van der Waals surface area contributed by atoms with Gasteiger partial charge in [0.25, 0.3) is 0 Å². The second-order valence-corrected chi connectivity index (χ2v) is 12.8. The number of primary amides is 1. The van der Waals surface area contributed by atoms with Crippen molar-refractivity contribution >= 4 is 23.6 Å². The van der Waals surface area contributed by atoms with E-state index in [0.29, 0.717) is 38.2 Å². The lowest BCUT2D eigenvalue weighted by molar-refractivity contribution is -0.145. The van der Waals surface area contributed by atoms with Gasteiger partial charge in [-0.2, -0.15) is 11.8 Å². The van der Waals surface area contributed by atoms with Crippen LogP contribution in [0.5, 0.6) is 0 Å². The van der Waals surface area contributed by atoms with Crippen molar-refractivity contribution in [2.24, 2.45) is 17.1 Å². The fourth-order valence-electron chi connectivity index (χ4n) is 5.78. The molecule has 8 nitrogen and oxygen atoms in total. The van der Waals surface area contributed by atoms with Gasteiger partial charge < -0.3 is 30.4 Å². The van der Waals surface area contributed by atoms with Crippen molar-refractivity contribution in [3.05, 3.63) is 83.3 Å². The molecule has 1 aromatic carbocycles. The molecule has 4 N–H and O–H groups in total. The maximum atomic E-state index is 14.5. The Balaban J connectivity index is 1.76. The van der Waals surface area contributed by atoms with E-state index in [1.54, 1.807) is 23.9 Å². The van der Waals surface area contributed by atoms with E-state index >= 15 is 0 Å². The first-order valence-electron chi connectivity index (χ1n) is 15.4. The standard InChI is InChI=1S/C34H50N4O4S/c1-5-18-38(19-6-2)33(41)34(16-10-13-27(22-34)32(35)40)30(21-26-11-8-7-9-12-26)31(39)23-36-17-20-43-25-29-15-14-28(42-29)24-37(3)4/h7-16,30-31,36,39H,5-6,17-25H2,1-4H3,(H2,35,40)/t30-,31+,34?/m1/s1. The molecular formula is C34H50N4O4S. The van der Waals surface area contributed by atoms with Crippen LogP contribution >= 0.6 is 11.8 Å². The number of amides is 2. The molecule has 3 rings (SSSR count). The summed E-state index contributed by atoms with van der Waals surface area (Å²) >= 11 is 1.77. The average molecular weight is 611 g/mol. The van der Waals surface area contributed by atoms with Crippen LogP contribution in [-0.4, -0.2) is 78.9 Å². The highest BCUT2D eigenvalue weighted by molar-refractivity contribution is 7.98. The Kier molecular flexibility index (Phi) is 14.1. The highest BCUT2D eigenvalue weighted by Gasteiger charge is 2.49. The minimum atomic E-state index is -1.10. The number of aliphatic hydroxyl groups excluding tert-OH is 1. The van der Waals surface area contributed by atoms with Crippen molar-refractivity contribution in [2.75, 3.05) is 46.0 Å². The molecule has 1 aromatic heterocycles. The van der Waals surface area contributed by atoms with Gasteiger partial charge in [-0.3, -0.25) is 9.59 Å². The zero-order valence-corrected chi connectivity index (χ0v) is 27.1. The molecule has 0 aliphatic heterocycles. The summed E-state index contributed by atoms with van der Waals surface area (Å²) < 4.78 is 5.90. The first kappa shape index (κ1) is 34.6. The van der Waals surface area contributed by atoms with Crippen LogP contribution in [0.25, 0.3) is 0 Å². The Bertz CT molecular complexity index is 1210. The Morgan fingerprint density at radius 2 is 1.79 bits per heavy atom. The van der Waals surface area contributed by atoms with Crippen molar-refractivity contribution in [3.8, 4) is 0 Å². The molecular weight excluding hydrogens is 560 g/mol. The number of furan rings is 1. The summed E-state index contributed by atoms with van der Waals surface area (Å²) in [5.41, 5.74) is 6.09. The summed E-state index contributed by atoms with van der Waals surface area (Å²) in [7, 11) is 4.03. The zero-order valence-electron chi connectivity index (χ0n) is 26.3. The van der Waals surface area contributed by atoms with Gasteiger partial charge >= 0.3 is 0 Å². The number of nitrogens with two attached hydrogens (primary N) is 1. The number of hydrogen-bond acceptors (Lipinski definition) is 7. The lowest BCUT2D eigenvalue weighted by Gasteiger charge is -2.44. The molecule has 0 saturated heterocycles. The molecule has 0 bridgehead atoms. The van der Waals surface area contributed by atoms with Crippen molar-refractivity contribution in [1.29, 1.82) is 0 Å². The topological polar surface area (TPSA) is 112 Å². The van der Waals surface area contributed by atoms with Crippen molar-refractivity contribution in [1.82, 2.24) is 15.1 Å². The maximum absolute atomic E-state index is 14.5. The third kappa shape index (κ3) is 10.1. The van der Waals surface area contributed by atoms with Gasteiger partial charge in [0.05, 0.1) is 23.8 Å². The molecule has 2 amide bonds. The highest BCUT2D eigenvalue weighted by Crippen LogP contribution is 2.44. The largest absolute Gasteiger partial charge is 0.464 e. The minimum Gasteiger partial charge on any atom is -0.464 e. The van der Waals surface area contributed by atoms with E-state index < -0.39 is 23.3 Å². The molecule has 1 heterocycles. The van der Waals surface area contributed by atoms with Gasteiger partial charge in [0.15, 0.2) is 0 Å². The van der Waals surface area contributed by atoms with Gasteiger partial charge in [0.2, 0.25) is 11.8 Å². The molecule has 0 radical (unpaired) electrons. The van der Waals surface area contributed by atoms with Gasteiger partial charge in [-0.25, -0.2) is 0 Å². The number of carbonyl (C=O) groups excluding carboxylic acids is 2. The van der Waals surface area contributed by atoms with Crippen LogP contribution in [0.2, 0.25) is 0 Å². The van der Waals surface area contributed by atoms with Crippen LogP contribution in [0.4, 0.5) is 0 Å². The quantitative estimate of drug-likeness (QED) is 0.202. The van der Waals surface area contributed by atoms with Crippen LogP contribution in [0, 0.1) is 11.3 Å². The number of nitrogens with zero attached hydrogens (tertiary/aromatic N) is 2. The minimum absolute atomic E-state index is 0.0538. The molecule has 1 aliphatic rings. The van der Waals surface area contributed by atoms with E-state index in [1.165, 1.54) is 0 Å². The van der Waals surface area contributed by atoms with Crippen LogP contribution in [0.15, 0.2) is 70.7 Å². The number of allylic oxidation sites excluding steroid dienone is 2. The van der Waals surface area contributed by atoms with E-state index in [4.69, 9.17) is 10.2 Å². The smallest absolute Gasteiger partial charge is 0.244 e. The first-order valence-corrected chi connectivity index (χ1v) is 16.6. The molecule has 3 atom stereocenters. The molecule has 1 aliphatic carbocycles. The van der Waals surface area contributed by atoms with Gasteiger partial charge in [-0.05, 0) is 57.5 Å². The maximum Gasteiger partial charge on any atom is 0.244 e. The first-order chi connectivity index (χ1) is 20.7. The second-order valence-electron chi connectivity index (χ2n) is 11.7. The lowest BCUT2D eigenvalue weighted by atomic mass is 9.64. The number of carbonyl (C=O) groups is 2. The lowest BCUT2D eigenvalue weighted by Crippen LogP contribution is -2.54. The highest BCUT2D eigenvalue weighted by atomic mass is 32.2. The van der Waals surface area contributed by atoms with E-state index in [-0.39, 0.29) is 12.3 Å². The van der Waals surface area contributed by atoms with Crippen LogP contribution in [0.3, 0.4) is 0 Å². The fraction of sp³-hybridized carbons (Fsp3) is 0.529. The van der Waals surface area contributed by atoms with Crippen molar-refractivity contribution in [2.45, 2.75) is 57.9 Å². The molecule has 43 heavy (non-hydrogen) atoms. The van der Waals surface area contributed by atoms with Gasteiger partial charge in [0, 0.05) is 43.4 Å². The number of benzene rings is 1. The van der Waals surface area contributed by atoms with Crippen LogP contribution in [0.1, 0.15) is 50.2 Å². The van der Waals surface area contributed by atoms with Crippen LogP contribution in [-0.2, 0) is 28.3 Å². The molecule has 0 fully saturated rings. The Labute approximate surface area is 261 Å². The SMILES string of the molecule is CCCN(CCC)C(=O)C1([C@H](Cc2ccccc2)[C@@H](O)CNCCSCc2ccc(CN(C)C)o2)C=CC=C(C(N)=O)C1. The Morgan fingerprint density at radius 1 is 1.09 bits per heavy atom. The van der Waals surface area contributed by atoms with Gasteiger partial charge in [0.1, 0.15) is 11.5 Å². The number of thioether (sulfide) groups is 1. The second kappa shape index (κ2) is 17.4. The molecule has 0 spiro atoms. The molecule has 1 unspecified atom stereocenters. The van der Waals surface area contributed by atoms with Crippen LogP contribution < -0.4 is 11.1 Å². The van der Waals surface area contributed by atoms with E-state index in [0.717, 1.165) is 48.0 Å². The molecule has 2 aromatic rings. The Morgan fingerprint density at radius 3 is 2.44 bits per heavy atom. The van der Waals surface area contributed by atoms with E-state index in [9.17, 15) is 14.7 Å².